The van der Waals surface area contributed by atoms with Crippen LogP contribution in [-0.4, -0.2) is 60.9 Å². The molecule has 23 heavy (non-hydrogen) atoms. The Balaban J connectivity index is 1.92. The lowest BCUT2D eigenvalue weighted by Gasteiger charge is -2.34. The van der Waals surface area contributed by atoms with Crippen molar-refractivity contribution in [1.29, 1.82) is 0 Å². The molecule has 2 amide bonds. The lowest BCUT2D eigenvalue weighted by Crippen LogP contribution is -2.49. The number of hydrogen-bond donors (Lipinski definition) is 0. The zero-order valence-corrected chi connectivity index (χ0v) is 14.6. The summed E-state index contributed by atoms with van der Waals surface area (Å²) >= 11 is 5.99. The van der Waals surface area contributed by atoms with E-state index in [1.807, 2.05) is 11.0 Å². The topological polar surface area (TPSA) is 43.9 Å². The van der Waals surface area contributed by atoms with Crippen LogP contribution in [0.2, 0.25) is 5.02 Å². The van der Waals surface area contributed by atoms with E-state index in [0.29, 0.717) is 18.0 Å². The molecular weight excluding hydrogens is 314 g/mol. The van der Waals surface area contributed by atoms with Crippen LogP contribution in [-0.2, 0) is 9.59 Å². The standard InChI is InChI=1S/C17H24ClN3O2/c1-3-19-9-11-20(12-10-19)17(23)7-8-21(14(2)22)16-6-4-5-15(18)13-16/h4-6,13H,3,7-12H2,1-2H3. The number of carbonyl (C=O) groups is 2. The second-order valence-corrected chi connectivity index (χ2v) is 6.15. The Morgan fingerprint density at radius 3 is 2.48 bits per heavy atom. The van der Waals surface area contributed by atoms with Crippen molar-refractivity contribution in [3.05, 3.63) is 29.3 Å². The normalized spacial score (nSPS) is 15.5. The van der Waals surface area contributed by atoms with Gasteiger partial charge in [-0.2, -0.15) is 0 Å². The molecule has 5 nitrogen and oxygen atoms in total. The van der Waals surface area contributed by atoms with Crippen molar-refractivity contribution in [3.8, 4) is 0 Å². The van der Waals surface area contributed by atoms with Gasteiger partial charge in [-0.25, -0.2) is 0 Å². The van der Waals surface area contributed by atoms with E-state index < -0.39 is 0 Å². The summed E-state index contributed by atoms with van der Waals surface area (Å²) in [6.07, 6.45) is 0.332. The molecule has 1 saturated heterocycles. The second kappa shape index (κ2) is 8.31. The number of nitrogens with zero attached hydrogens (tertiary/aromatic N) is 3. The minimum Gasteiger partial charge on any atom is -0.340 e. The van der Waals surface area contributed by atoms with Crippen molar-refractivity contribution in [3.63, 3.8) is 0 Å². The van der Waals surface area contributed by atoms with Gasteiger partial charge in [-0.15, -0.1) is 0 Å². The van der Waals surface area contributed by atoms with Crippen molar-refractivity contribution < 1.29 is 9.59 Å². The third-order valence-corrected chi connectivity index (χ3v) is 4.46. The van der Waals surface area contributed by atoms with Crippen molar-refractivity contribution in [2.75, 3.05) is 44.2 Å². The summed E-state index contributed by atoms with van der Waals surface area (Å²) in [5.41, 5.74) is 0.730. The van der Waals surface area contributed by atoms with Gasteiger partial charge in [-0.3, -0.25) is 9.59 Å². The molecule has 0 radical (unpaired) electrons. The molecule has 0 spiro atoms. The molecule has 1 fully saturated rings. The fraction of sp³-hybridized carbons (Fsp3) is 0.529. The highest BCUT2D eigenvalue weighted by molar-refractivity contribution is 6.30. The number of amides is 2. The van der Waals surface area contributed by atoms with E-state index in [9.17, 15) is 9.59 Å². The maximum atomic E-state index is 12.4. The molecule has 0 atom stereocenters. The summed E-state index contributed by atoms with van der Waals surface area (Å²) < 4.78 is 0. The molecule has 126 valence electrons. The number of carbonyl (C=O) groups excluding carboxylic acids is 2. The number of hydrogen-bond acceptors (Lipinski definition) is 3. The molecule has 1 aromatic rings. The van der Waals surface area contributed by atoms with Gasteiger partial charge in [0.1, 0.15) is 0 Å². The fourth-order valence-corrected chi connectivity index (χ4v) is 2.98. The van der Waals surface area contributed by atoms with Crippen LogP contribution in [0.3, 0.4) is 0 Å². The third kappa shape index (κ3) is 4.94. The van der Waals surface area contributed by atoms with E-state index in [4.69, 9.17) is 11.6 Å². The minimum atomic E-state index is -0.0872. The minimum absolute atomic E-state index is 0.0872. The third-order valence-electron chi connectivity index (χ3n) is 4.22. The lowest BCUT2D eigenvalue weighted by atomic mass is 10.2. The van der Waals surface area contributed by atoms with Crippen molar-refractivity contribution in [2.45, 2.75) is 20.3 Å². The molecule has 0 saturated carbocycles. The summed E-state index contributed by atoms with van der Waals surface area (Å²) in [6, 6.07) is 7.15. The summed E-state index contributed by atoms with van der Waals surface area (Å²) in [7, 11) is 0. The Kier molecular flexibility index (Phi) is 6.42. The Labute approximate surface area is 142 Å². The lowest BCUT2D eigenvalue weighted by molar-refractivity contribution is -0.132. The highest BCUT2D eigenvalue weighted by Gasteiger charge is 2.21. The molecular formula is C17H24ClN3O2. The Hall–Kier alpha value is -1.59. The van der Waals surface area contributed by atoms with Crippen molar-refractivity contribution in [2.24, 2.45) is 0 Å². The number of anilines is 1. The first-order chi connectivity index (χ1) is 11.0. The molecule has 0 N–H and O–H groups in total. The molecule has 0 aromatic heterocycles. The van der Waals surface area contributed by atoms with Gasteiger partial charge >= 0.3 is 0 Å². The first-order valence-electron chi connectivity index (χ1n) is 8.05. The first kappa shape index (κ1) is 17.8. The van der Waals surface area contributed by atoms with Gasteiger partial charge in [0.25, 0.3) is 0 Å². The van der Waals surface area contributed by atoms with Crippen LogP contribution in [0, 0.1) is 0 Å². The van der Waals surface area contributed by atoms with Crippen LogP contribution in [0.15, 0.2) is 24.3 Å². The van der Waals surface area contributed by atoms with E-state index in [-0.39, 0.29) is 11.8 Å². The largest absolute Gasteiger partial charge is 0.340 e. The van der Waals surface area contributed by atoms with E-state index in [1.165, 1.54) is 6.92 Å². The summed E-state index contributed by atoms with van der Waals surface area (Å²) in [6.45, 7) is 8.42. The summed E-state index contributed by atoms with van der Waals surface area (Å²) in [5.74, 6) is 0.0184. The average molecular weight is 338 g/mol. The predicted molar refractivity (Wildman–Crippen MR) is 92.8 cm³/mol. The number of piperazine rings is 1. The van der Waals surface area contributed by atoms with E-state index in [1.54, 1.807) is 23.1 Å². The monoisotopic (exact) mass is 337 g/mol. The van der Waals surface area contributed by atoms with Crippen molar-refractivity contribution >= 4 is 29.1 Å². The highest BCUT2D eigenvalue weighted by atomic mass is 35.5. The molecule has 2 rings (SSSR count). The number of halogens is 1. The van der Waals surface area contributed by atoms with Gasteiger partial charge in [0.2, 0.25) is 11.8 Å². The maximum Gasteiger partial charge on any atom is 0.224 e. The molecule has 0 aliphatic carbocycles. The zero-order valence-electron chi connectivity index (χ0n) is 13.8. The van der Waals surface area contributed by atoms with Gasteiger partial charge in [0, 0.05) is 56.8 Å². The smallest absolute Gasteiger partial charge is 0.224 e. The fourth-order valence-electron chi connectivity index (χ4n) is 2.79. The zero-order chi connectivity index (χ0) is 16.8. The van der Waals surface area contributed by atoms with Gasteiger partial charge in [-0.05, 0) is 24.7 Å². The van der Waals surface area contributed by atoms with Crippen LogP contribution in [0.1, 0.15) is 20.3 Å². The number of benzene rings is 1. The molecule has 1 aromatic carbocycles. The first-order valence-corrected chi connectivity index (χ1v) is 8.43. The molecule has 0 bridgehead atoms. The summed E-state index contributed by atoms with van der Waals surface area (Å²) in [5, 5.41) is 0.579. The van der Waals surface area contributed by atoms with Crippen LogP contribution in [0.25, 0.3) is 0 Å². The van der Waals surface area contributed by atoms with Crippen LogP contribution >= 0.6 is 11.6 Å². The van der Waals surface area contributed by atoms with Crippen LogP contribution in [0.4, 0.5) is 5.69 Å². The molecule has 6 heteroatoms. The molecule has 0 unspecified atom stereocenters. The van der Waals surface area contributed by atoms with Crippen LogP contribution in [0.5, 0.6) is 0 Å². The van der Waals surface area contributed by atoms with Gasteiger partial charge in [0.15, 0.2) is 0 Å². The second-order valence-electron chi connectivity index (χ2n) is 5.72. The van der Waals surface area contributed by atoms with E-state index >= 15 is 0 Å². The van der Waals surface area contributed by atoms with Gasteiger partial charge in [0.05, 0.1) is 0 Å². The molecule has 1 aliphatic rings. The quantitative estimate of drug-likeness (QED) is 0.827. The maximum absolute atomic E-state index is 12.4. The van der Waals surface area contributed by atoms with E-state index in [2.05, 4.69) is 11.8 Å². The SMILES string of the molecule is CCN1CCN(C(=O)CCN(C(C)=O)c2cccc(Cl)c2)CC1. The van der Waals surface area contributed by atoms with Crippen molar-refractivity contribution in [1.82, 2.24) is 9.80 Å². The predicted octanol–water partition coefficient (Wildman–Crippen LogP) is 2.25. The Morgan fingerprint density at radius 1 is 1.22 bits per heavy atom. The Morgan fingerprint density at radius 2 is 1.91 bits per heavy atom. The molecule has 1 aliphatic heterocycles. The average Bonchev–Trinajstić information content (AvgIpc) is 2.54. The van der Waals surface area contributed by atoms with E-state index in [0.717, 1.165) is 38.4 Å². The number of rotatable bonds is 5. The highest BCUT2D eigenvalue weighted by Crippen LogP contribution is 2.20. The van der Waals surface area contributed by atoms with Gasteiger partial charge < -0.3 is 14.7 Å². The van der Waals surface area contributed by atoms with Crippen LogP contribution < -0.4 is 4.90 Å². The molecule has 1 heterocycles. The summed E-state index contributed by atoms with van der Waals surface area (Å²) in [4.78, 5) is 30.1. The Bertz CT molecular complexity index is 557. The number of likely N-dealkylation sites (N-methyl/N-ethyl adjacent to an activating group) is 1. The van der Waals surface area contributed by atoms with Gasteiger partial charge in [-0.1, -0.05) is 24.6 Å².